The summed E-state index contributed by atoms with van der Waals surface area (Å²) in [5, 5.41) is 14.6. The third kappa shape index (κ3) is 6.69. The van der Waals surface area contributed by atoms with E-state index in [2.05, 4.69) is 25.6 Å². The van der Waals surface area contributed by atoms with Gasteiger partial charge in [-0.3, -0.25) is 4.79 Å². The Hall–Kier alpha value is -4.48. The van der Waals surface area contributed by atoms with Crippen LogP contribution in [0, 0.1) is 11.3 Å². The van der Waals surface area contributed by atoms with E-state index in [-0.39, 0.29) is 35.3 Å². The van der Waals surface area contributed by atoms with Crippen LogP contribution in [-0.2, 0) is 19.4 Å². The predicted molar refractivity (Wildman–Crippen MR) is 155 cm³/mol. The Labute approximate surface area is 243 Å². The van der Waals surface area contributed by atoms with Gasteiger partial charge in [-0.25, -0.2) is 23.4 Å². The summed E-state index contributed by atoms with van der Waals surface area (Å²) in [6.07, 6.45) is 3.20. The van der Waals surface area contributed by atoms with Gasteiger partial charge >= 0.3 is 0 Å². The summed E-state index contributed by atoms with van der Waals surface area (Å²) < 4.78 is 42.6. The smallest absolute Gasteiger partial charge is 0.257 e. The first kappa shape index (κ1) is 29.0. The molecule has 0 unspecified atom stereocenters. The van der Waals surface area contributed by atoms with Crippen molar-refractivity contribution in [3.05, 3.63) is 36.5 Å². The number of hydrogen-bond acceptors (Lipinski definition) is 12. The highest BCUT2D eigenvalue weighted by Crippen LogP contribution is 2.38. The molecule has 220 valence electrons. The quantitative estimate of drug-likeness (QED) is 0.391. The number of fused-ring (bicyclic) bond motifs is 1. The average molecular weight is 594 g/mol. The maximum absolute atomic E-state index is 12.6. The second-order valence-electron chi connectivity index (χ2n) is 10.7. The van der Waals surface area contributed by atoms with E-state index in [0.29, 0.717) is 60.4 Å². The first-order chi connectivity index (χ1) is 19.9. The number of aromatic nitrogens is 3. The molecule has 0 aromatic carbocycles. The molecule has 5 rings (SSSR count). The zero-order chi connectivity index (χ0) is 30.1. The third-order valence-electron chi connectivity index (χ3n) is 6.58. The number of nitriles is 1. The van der Waals surface area contributed by atoms with Crippen molar-refractivity contribution < 1.29 is 27.4 Å². The lowest BCUT2D eigenvalue weighted by Crippen LogP contribution is -2.39. The van der Waals surface area contributed by atoms with Gasteiger partial charge in [0.2, 0.25) is 5.91 Å². The molecule has 1 fully saturated rings. The van der Waals surface area contributed by atoms with E-state index in [0.717, 1.165) is 6.26 Å². The van der Waals surface area contributed by atoms with Crippen molar-refractivity contribution in [2.24, 2.45) is 0 Å². The molecule has 5 heterocycles. The van der Waals surface area contributed by atoms with E-state index in [1.807, 2.05) is 24.8 Å². The van der Waals surface area contributed by atoms with Gasteiger partial charge in [0.05, 0.1) is 23.6 Å². The highest BCUT2D eigenvalue weighted by atomic mass is 32.2. The number of carbonyl (C=O) groups excluding carboxylic acids is 1. The maximum atomic E-state index is 12.6. The van der Waals surface area contributed by atoms with E-state index in [4.69, 9.17) is 19.5 Å². The Morgan fingerprint density at radius 2 is 2.05 bits per heavy atom. The number of amides is 1. The van der Waals surface area contributed by atoms with Crippen molar-refractivity contribution in [1.82, 2.24) is 15.0 Å². The van der Waals surface area contributed by atoms with Crippen molar-refractivity contribution in [1.29, 1.82) is 5.26 Å². The molecule has 42 heavy (non-hydrogen) atoms. The first-order valence-corrected chi connectivity index (χ1v) is 15.1. The van der Waals surface area contributed by atoms with Crippen molar-refractivity contribution in [2.75, 3.05) is 48.1 Å². The van der Waals surface area contributed by atoms with E-state index >= 15 is 0 Å². The molecule has 13 nitrogen and oxygen atoms in total. The first-order valence-electron chi connectivity index (χ1n) is 13.2. The van der Waals surface area contributed by atoms with E-state index in [1.54, 1.807) is 30.5 Å². The second kappa shape index (κ2) is 11.4. The molecule has 2 N–H and O–H groups in total. The van der Waals surface area contributed by atoms with Crippen molar-refractivity contribution >= 4 is 38.8 Å². The number of rotatable bonds is 8. The van der Waals surface area contributed by atoms with Gasteiger partial charge < -0.3 is 29.7 Å². The van der Waals surface area contributed by atoms with E-state index in [9.17, 15) is 13.2 Å². The van der Waals surface area contributed by atoms with Gasteiger partial charge in [-0.1, -0.05) is 0 Å². The summed E-state index contributed by atoms with van der Waals surface area (Å²) in [5.41, 5.74) is 1.68. The molecule has 0 spiro atoms. The van der Waals surface area contributed by atoms with Gasteiger partial charge in [-0.05, 0) is 38.5 Å². The molecule has 2 aliphatic rings. The molecule has 14 heteroatoms. The summed E-state index contributed by atoms with van der Waals surface area (Å²) in [6.45, 7) is 6.65. The van der Waals surface area contributed by atoms with Gasteiger partial charge in [0, 0.05) is 55.8 Å². The Morgan fingerprint density at radius 1 is 1.24 bits per heavy atom. The number of carbonyl (C=O) groups is 1. The monoisotopic (exact) mass is 593 g/mol. The summed E-state index contributed by atoms with van der Waals surface area (Å²) in [6, 6.07) is 10.4. The molecule has 1 atom stereocenters. The summed E-state index contributed by atoms with van der Waals surface area (Å²) >= 11 is 0. The number of pyridine rings is 3. The summed E-state index contributed by atoms with van der Waals surface area (Å²) in [7, 11) is -3.67. The van der Waals surface area contributed by atoms with Gasteiger partial charge in [0.25, 0.3) is 5.88 Å². The molecule has 0 aliphatic carbocycles. The second-order valence-corrected chi connectivity index (χ2v) is 12.7. The lowest BCUT2D eigenvalue weighted by atomic mass is 10.1. The molecule has 3 aromatic heterocycles. The molecular weight excluding hydrogens is 562 g/mol. The van der Waals surface area contributed by atoms with Crippen molar-refractivity contribution in [2.45, 2.75) is 43.9 Å². The van der Waals surface area contributed by atoms with E-state index < -0.39 is 15.4 Å². The Bertz CT molecular complexity index is 1670. The van der Waals surface area contributed by atoms with Crippen molar-refractivity contribution in [3.8, 4) is 29.0 Å². The zero-order valence-corrected chi connectivity index (χ0v) is 24.5. The zero-order valence-electron chi connectivity index (χ0n) is 23.7. The largest absolute Gasteiger partial charge is 0.479 e. The Balaban J connectivity index is 1.53. The molecule has 1 amide bonds. The standard InChI is InChI=1S/C28H31N7O6S/c1-17(36)31-24-13-22(20(14-30-24)21-5-6-23-27(33-21)40-16-28(2,3)41-23)32-25-11-18(12-26(34-25)42(4,37)38)35-9-7-19(15-35)39-10-8-29/h5-6,11-14,19H,7,9-10,15-16H2,1-4H3,(H2,30,31,32,34,36)/t19-/m0/s1. The minimum absolute atomic E-state index is 0.0106. The van der Waals surface area contributed by atoms with Crippen LogP contribution in [0.15, 0.2) is 41.6 Å². The lowest BCUT2D eigenvalue weighted by molar-refractivity contribution is -0.114. The summed E-state index contributed by atoms with van der Waals surface area (Å²) in [5.74, 6) is 1.09. The van der Waals surface area contributed by atoms with Crippen molar-refractivity contribution in [3.63, 3.8) is 0 Å². The number of anilines is 4. The molecule has 2 aliphatic heterocycles. The van der Waals surface area contributed by atoms with E-state index in [1.165, 1.54) is 13.0 Å². The van der Waals surface area contributed by atoms with Gasteiger partial charge in [-0.15, -0.1) is 0 Å². The highest BCUT2D eigenvalue weighted by Gasteiger charge is 2.30. The number of nitrogens with zero attached hydrogens (tertiary/aromatic N) is 5. The topological polar surface area (TPSA) is 169 Å². The number of hydrogen-bond donors (Lipinski definition) is 2. The van der Waals surface area contributed by atoms with Gasteiger partial charge in [-0.2, -0.15) is 5.26 Å². The third-order valence-corrected chi connectivity index (χ3v) is 7.54. The van der Waals surface area contributed by atoms with Crippen LogP contribution in [0.5, 0.6) is 11.6 Å². The van der Waals surface area contributed by atoms with Crippen LogP contribution >= 0.6 is 0 Å². The number of ether oxygens (including phenoxy) is 3. The SMILES string of the molecule is CC(=O)Nc1cc(Nc2cc(N3CC[C@H](OCC#N)C3)cc(S(C)(=O)=O)n2)c(-c2ccc3c(n2)OCC(C)(C)O3)cn1. The Morgan fingerprint density at radius 3 is 2.79 bits per heavy atom. The number of sulfone groups is 1. The van der Waals surface area contributed by atoms with Crippen LogP contribution in [0.3, 0.4) is 0 Å². The fraction of sp³-hybridized carbons (Fsp3) is 0.393. The molecule has 1 saturated heterocycles. The average Bonchev–Trinajstić information content (AvgIpc) is 3.40. The van der Waals surface area contributed by atoms with Crippen LogP contribution in [0.25, 0.3) is 11.3 Å². The van der Waals surface area contributed by atoms with Crippen LogP contribution in [0.2, 0.25) is 0 Å². The summed E-state index contributed by atoms with van der Waals surface area (Å²) in [4.78, 5) is 27.1. The van der Waals surface area contributed by atoms with Crippen LogP contribution in [-0.4, -0.2) is 73.5 Å². The Kier molecular flexibility index (Phi) is 7.89. The number of nitrogens with one attached hydrogen (secondary N) is 2. The minimum atomic E-state index is -3.67. The minimum Gasteiger partial charge on any atom is -0.479 e. The van der Waals surface area contributed by atoms with Crippen LogP contribution < -0.4 is 25.0 Å². The molecule has 0 bridgehead atoms. The normalized spacial score (nSPS) is 17.4. The maximum Gasteiger partial charge on any atom is 0.257 e. The molecule has 0 radical (unpaired) electrons. The molecule has 3 aromatic rings. The van der Waals surface area contributed by atoms with Crippen LogP contribution in [0.4, 0.5) is 23.0 Å². The highest BCUT2D eigenvalue weighted by molar-refractivity contribution is 7.90. The fourth-order valence-corrected chi connectivity index (χ4v) is 5.26. The van der Waals surface area contributed by atoms with Gasteiger partial charge in [0.15, 0.2) is 20.6 Å². The van der Waals surface area contributed by atoms with Crippen LogP contribution in [0.1, 0.15) is 27.2 Å². The fourth-order valence-electron chi connectivity index (χ4n) is 4.66. The molecular formula is C28H31N7O6S. The molecule has 0 saturated carbocycles. The lowest BCUT2D eigenvalue weighted by Gasteiger charge is -2.31. The predicted octanol–water partition coefficient (Wildman–Crippen LogP) is 3.31. The van der Waals surface area contributed by atoms with Gasteiger partial charge in [0.1, 0.15) is 30.5 Å².